The number of aliphatic hydroxyl groups is 2. The zero-order chi connectivity index (χ0) is 13.0. The van der Waals surface area contributed by atoms with Crippen LogP contribution in [0, 0.1) is 11.3 Å². The highest BCUT2D eigenvalue weighted by Crippen LogP contribution is 2.24. The van der Waals surface area contributed by atoms with Crippen LogP contribution >= 0.6 is 0 Å². The van der Waals surface area contributed by atoms with Crippen molar-refractivity contribution in [2.45, 2.75) is 12.2 Å². The summed E-state index contributed by atoms with van der Waals surface area (Å²) in [6, 6.07) is 6.11. The number of carbonyl (C=O) groups is 1. The first-order valence-electron chi connectivity index (χ1n) is 4.74. The lowest BCUT2D eigenvalue weighted by Gasteiger charge is -2.15. The van der Waals surface area contributed by atoms with Crippen molar-refractivity contribution in [3.8, 4) is 11.8 Å². The van der Waals surface area contributed by atoms with Gasteiger partial charge in [0.2, 0.25) is 5.91 Å². The summed E-state index contributed by atoms with van der Waals surface area (Å²) in [4.78, 5) is 10.7. The molecule has 1 aromatic rings. The Labute approximate surface area is 97.9 Å². The topological polar surface area (TPSA) is 117 Å². The van der Waals surface area contributed by atoms with Crippen LogP contribution in [-0.4, -0.2) is 29.3 Å². The van der Waals surface area contributed by atoms with Crippen molar-refractivity contribution >= 4 is 5.91 Å². The lowest BCUT2D eigenvalue weighted by molar-refractivity contribution is -0.131. The van der Waals surface area contributed by atoms with E-state index < -0.39 is 18.1 Å². The molecule has 1 amide bonds. The van der Waals surface area contributed by atoms with Gasteiger partial charge in [0.15, 0.2) is 6.10 Å². The van der Waals surface area contributed by atoms with Crippen molar-refractivity contribution in [1.29, 1.82) is 5.26 Å². The van der Waals surface area contributed by atoms with Crippen molar-refractivity contribution in [3.63, 3.8) is 0 Å². The van der Waals surface area contributed by atoms with Gasteiger partial charge in [-0.3, -0.25) is 4.79 Å². The molecule has 0 spiro atoms. The molecule has 0 saturated heterocycles. The molecule has 1 rings (SSSR count). The Morgan fingerprint density at radius 1 is 1.53 bits per heavy atom. The standard InChI is InChI=1S/C11H12N2O4/c1-17-8-3-2-6(4-7(8)5-12)9(14)10(15)11(13)16/h2-4,9-10,14-15H,1H3,(H2,13,16). The van der Waals surface area contributed by atoms with E-state index in [9.17, 15) is 15.0 Å². The molecule has 0 saturated carbocycles. The largest absolute Gasteiger partial charge is 0.495 e. The molecular formula is C11H12N2O4. The van der Waals surface area contributed by atoms with Crippen molar-refractivity contribution < 1.29 is 19.7 Å². The van der Waals surface area contributed by atoms with Crippen LogP contribution in [0.3, 0.4) is 0 Å². The molecular weight excluding hydrogens is 224 g/mol. The van der Waals surface area contributed by atoms with Gasteiger partial charge in [-0.25, -0.2) is 0 Å². The first-order valence-corrected chi connectivity index (χ1v) is 4.74. The summed E-state index contributed by atoms with van der Waals surface area (Å²) in [5.41, 5.74) is 5.27. The predicted octanol–water partition coefficient (Wildman–Crippen LogP) is -0.554. The van der Waals surface area contributed by atoms with E-state index in [1.807, 2.05) is 6.07 Å². The molecule has 0 aliphatic heterocycles. The number of hydrogen-bond acceptors (Lipinski definition) is 5. The van der Waals surface area contributed by atoms with Crippen LogP contribution in [0.2, 0.25) is 0 Å². The zero-order valence-corrected chi connectivity index (χ0v) is 9.12. The van der Waals surface area contributed by atoms with Gasteiger partial charge in [0, 0.05) is 0 Å². The fraction of sp³-hybridized carbons (Fsp3) is 0.273. The Morgan fingerprint density at radius 3 is 2.65 bits per heavy atom. The smallest absolute Gasteiger partial charge is 0.249 e. The summed E-state index contributed by atoms with van der Waals surface area (Å²) in [5.74, 6) is -0.691. The second-order valence-corrected chi connectivity index (χ2v) is 3.36. The summed E-state index contributed by atoms with van der Waals surface area (Å²) in [6.07, 6.45) is -3.18. The molecule has 90 valence electrons. The van der Waals surface area contributed by atoms with Gasteiger partial charge in [-0.2, -0.15) is 5.26 Å². The minimum absolute atomic E-state index is 0.195. The van der Waals surface area contributed by atoms with Gasteiger partial charge in [0.1, 0.15) is 17.9 Å². The third-order valence-electron chi connectivity index (χ3n) is 2.28. The Bertz CT molecular complexity index is 467. The molecule has 6 nitrogen and oxygen atoms in total. The normalized spacial score (nSPS) is 13.5. The van der Waals surface area contributed by atoms with E-state index in [0.29, 0.717) is 5.75 Å². The number of aliphatic hydroxyl groups excluding tert-OH is 2. The van der Waals surface area contributed by atoms with Gasteiger partial charge < -0.3 is 20.7 Å². The number of benzene rings is 1. The molecule has 2 atom stereocenters. The maximum atomic E-state index is 10.7. The molecule has 6 heteroatoms. The highest BCUT2D eigenvalue weighted by molar-refractivity contribution is 5.79. The third-order valence-corrected chi connectivity index (χ3v) is 2.28. The van der Waals surface area contributed by atoms with Gasteiger partial charge >= 0.3 is 0 Å². The SMILES string of the molecule is COc1ccc(C(O)C(O)C(N)=O)cc1C#N. The average Bonchev–Trinajstić information content (AvgIpc) is 2.35. The van der Waals surface area contributed by atoms with Gasteiger partial charge in [-0.15, -0.1) is 0 Å². The Balaban J connectivity index is 3.08. The highest BCUT2D eigenvalue weighted by atomic mass is 16.5. The number of primary amides is 1. The molecule has 0 heterocycles. The molecule has 0 fully saturated rings. The quantitative estimate of drug-likeness (QED) is 0.648. The number of carbonyl (C=O) groups excluding carboxylic acids is 1. The van der Waals surface area contributed by atoms with Crippen LogP contribution in [0.4, 0.5) is 0 Å². The van der Waals surface area contributed by atoms with E-state index in [-0.39, 0.29) is 11.1 Å². The number of nitrogens with zero attached hydrogens (tertiary/aromatic N) is 1. The van der Waals surface area contributed by atoms with Crippen molar-refractivity contribution in [2.24, 2.45) is 5.73 Å². The van der Waals surface area contributed by atoms with Crippen LogP contribution in [0.5, 0.6) is 5.75 Å². The molecule has 1 aromatic carbocycles. The van der Waals surface area contributed by atoms with E-state index in [0.717, 1.165) is 0 Å². The predicted molar refractivity (Wildman–Crippen MR) is 57.9 cm³/mol. The molecule has 17 heavy (non-hydrogen) atoms. The first-order chi connectivity index (χ1) is 8.01. The fourth-order valence-electron chi connectivity index (χ4n) is 1.33. The average molecular weight is 236 g/mol. The van der Waals surface area contributed by atoms with E-state index in [1.165, 1.54) is 25.3 Å². The van der Waals surface area contributed by atoms with Gasteiger partial charge in [-0.05, 0) is 17.7 Å². The molecule has 0 radical (unpaired) electrons. The Hall–Kier alpha value is -2.10. The maximum Gasteiger partial charge on any atom is 0.249 e. The molecule has 0 aromatic heterocycles. The van der Waals surface area contributed by atoms with Gasteiger partial charge in [0.25, 0.3) is 0 Å². The summed E-state index contributed by atoms with van der Waals surface area (Å²) >= 11 is 0. The van der Waals surface area contributed by atoms with Gasteiger partial charge in [0.05, 0.1) is 12.7 Å². The van der Waals surface area contributed by atoms with Crippen LogP contribution in [0.15, 0.2) is 18.2 Å². The first kappa shape index (κ1) is 13.0. The maximum absolute atomic E-state index is 10.7. The second-order valence-electron chi connectivity index (χ2n) is 3.36. The summed E-state index contributed by atoms with van der Waals surface area (Å²) in [7, 11) is 1.41. The lowest BCUT2D eigenvalue weighted by atomic mass is 10.0. The van der Waals surface area contributed by atoms with Crippen molar-refractivity contribution in [3.05, 3.63) is 29.3 Å². The number of hydrogen-bond donors (Lipinski definition) is 3. The fourth-order valence-corrected chi connectivity index (χ4v) is 1.33. The number of amides is 1. The minimum Gasteiger partial charge on any atom is -0.495 e. The summed E-state index contributed by atoms with van der Waals surface area (Å²) < 4.78 is 4.92. The van der Waals surface area contributed by atoms with E-state index in [2.05, 4.69) is 0 Å². The molecule has 0 aliphatic rings. The van der Waals surface area contributed by atoms with Gasteiger partial charge in [-0.1, -0.05) is 6.07 Å². The van der Waals surface area contributed by atoms with Crippen LogP contribution in [-0.2, 0) is 4.79 Å². The van der Waals surface area contributed by atoms with Crippen LogP contribution in [0.1, 0.15) is 17.2 Å². The lowest BCUT2D eigenvalue weighted by Crippen LogP contribution is -2.33. The highest BCUT2D eigenvalue weighted by Gasteiger charge is 2.24. The number of nitriles is 1. The number of methoxy groups -OCH3 is 1. The second kappa shape index (κ2) is 5.30. The summed E-state index contributed by atoms with van der Waals surface area (Å²) in [6.45, 7) is 0. The third kappa shape index (κ3) is 2.72. The van der Waals surface area contributed by atoms with Crippen LogP contribution in [0.25, 0.3) is 0 Å². The van der Waals surface area contributed by atoms with E-state index in [1.54, 1.807) is 0 Å². The number of nitrogens with two attached hydrogens (primary N) is 1. The van der Waals surface area contributed by atoms with Crippen LogP contribution < -0.4 is 10.5 Å². The minimum atomic E-state index is -1.71. The van der Waals surface area contributed by atoms with Crippen molar-refractivity contribution in [2.75, 3.05) is 7.11 Å². The number of ether oxygens (including phenoxy) is 1. The molecule has 2 unspecified atom stereocenters. The van der Waals surface area contributed by atoms with Crippen molar-refractivity contribution in [1.82, 2.24) is 0 Å². The zero-order valence-electron chi connectivity index (χ0n) is 9.12. The molecule has 0 bridgehead atoms. The summed E-state index contributed by atoms with van der Waals surface area (Å²) in [5, 5.41) is 27.8. The Morgan fingerprint density at radius 2 is 2.18 bits per heavy atom. The van der Waals surface area contributed by atoms with E-state index >= 15 is 0 Å². The van der Waals surface area contributed by atoms with E-state index in [4.69, 9.17) is 15.7 Å². The number of rotatable bonds is 4. The Kier molecular flexibility index (Phi) is 4.04. The molecule has 0 aliphatic carbocycles. The monoisotopic (exact) mass is 236 g/mol. The molecule has 4 N–H and O–H groups in total.